The molecule has 0 N–H and O–H groups in total. The molecule has 0 aliphatic carbocycles. The molecule has 0 amide bonds. The third-order valence-electron chi connectivity index (χ3n) is 5.11. The molecule has 23 heavy (non-hydrogen) atoms. The Morgan fingerprint density at radius 1 is 1.04 bits per heavy atom. The van der Waals surface area contributed by atoms with Gasteiger partial charge in [0, 0.05) is 26.1 Å². The zero-order valence-electron chi connectivity index (χ0n) is 14.8. The molecule has 0 spiro atoms. The van der Waals surface area contributed by atoms with Gasteiger partial charge in [0.1, 0.15) is 0 Å². The van der Waals surface area contributed by atoms with Crippen LogP contribution in [-0.4, -0.2) is 59.2 Å². The first-order valence-corrected chi connectivity index (χ1v) is 9.48. The Bertz CT molecular complexity index is 467. The van der Waals surface area contributed by atoms with Crippen LogP contribution in [0.5, 0.6) is 0 Å². The van der Waals surface area contributed by atoms with E-state index in [4.69, 9.17) is 4.52 Å². The molecular formula is C18H32N4O. The summed E-state index contributed by atoms with van der Waals surface area (Å²) in [7, 11) is 0. The topological polar surface area (TPSA) is 45.4 Å². The van der Waals surface area contributed by atoms with Crippen LogP contribution in [0.3, 0.4) is 0 Å². The molecule has 1 aromatic heterocycles. The molecule has 5 heteroatoms. The highest BCUT2D eigenvalue weighted by Crippen LogP contribution is 2.26. The van der Waals surface area contributed by atoms with Crippen molar-refractivity contribution >= 4 is 0 Å². The Balaban J connectivity index is 1.48. The fraction of sp³-hybridized carbons (Fsp3) is 0.889. The number of likely N-dealkylation sites (tertiary alicyclic amines) is 2. The van der Waals surface area contributed by atoms with Crippen LogP contribution in [-0.2, 0) is 6.42 Å². The number of nitrogens with zero attached hydrogens (tertiary/aromatic N) is 4. The van der Waals surface area contributed by atoms with Crippen molar-refractivity contribution in [2.45, 2.75) is 58.3 Å². The third kappa shape index (κ3) is 5.01. The summed E-state index contributed by atoms with van der Waals surface area (Å²) in [5.74, 6) is 2.75. The van der Waals surface area contributed by atoms with Crippen molar-refractivity contribution in [2.24, 2.45) is 5.92 Å². The molecule has 2 aliphatic heterocycles. The molecule has 3 heterocycles. The van der Waals surface area contributed by atoms with Crippen molar-refractivity contribution in [3.63, 3.8) is 0 Å². The standard InChI is InChI=1S/C18H32N4O/c1-15(2)13-17-19-18(23-20-17)16-7-6-10-22(14-16)12-11-21-8-4-3-5-9-21/h15-16H,3-14H2,1-2H3. The lowest BCUT2D eigenvalue weighted by atomic mass is 9.98. The third-order valence-corrected chi connectivity index (χ3v) is 5.11. The highest BCUT2D eigenvalue weighted by atomic mass is 16.5. The van der Waals surface area contributed by atoms with Gasteiger partial charge in [0.2, 0.25) is 5.89 Å². The van der Waals surface area contributed by atoms with Crippen molar-refractivity contribution in [2.75, 3.05) is 39.3 Å². The van der Waals surface area contributed by atoms with E-state index in [1.807, 2.05) is 0 Å². The largest absolute Gasteiger partial charge is 0.339 e. The first kappa shape index (κ1) is 16.9. The Hall–Kier alpha value is -0.940. The van der Waals surface area contributed by atoms with E-state index < -0.39 is 0 Å². The Labute approximate surface area is 140 Å². The van der Waals surface area contributed by atoms with E-state index in [1.165, 1.54) is 64.8 Å². The molecule has 1 atom stereocenters. The predicted molar refractivity (Wildman–Crippen MR) is 91.5 cm³/mol. The lowest BCUT2D eigenvalue weighted by Crippen LogP contribution is -2.41. The summed E-state index contributed by atoms with van der Waals surface area (Å²) >= 11 is 0. The predicted octanol–water partition coefficient (Wildman–Crippen LogP) is 2.93. The second kappa shape index (κ2) is 8.25. The SMILES string of the molecule is CC(C)Cc1noc(C2CCCN(CCN3CCCCC3)C2)n1. The summed E-state index contributed by atoms with van der Waals surface area (Å²) in [6.45, 7) is 11.7. The lowest BCUT2D eigenvalue weighted by molar-refractivity contribution is 0.148. The van der Waals surface area contributed by atoms with E-state index in [0.717, 1.165) is 24.7 Å². The van der Waals surface area contributed by atoms with Gasteiger partial charge in [-0.25, -0.2) is 0 Å². The molecular weight excluding hydrogens is 288 g/mol. The molecule has 1 unspecified atom stereocenters. The Kier molecular flexibility index (Phi) is 6.06. The normalized spacial score (nSPS) is 24.4. The molecule has 3 rings (SSSR count). The van der Waals surface area contributed by atoms with Gasteiger partial charge in [-0.3, -0.25) is 0 Å². The molecule has 2 saturated heterocycles. The smallest absolute Gasteiger partial charge is 0.231 e. The summed E-state index contributed by atoms with van der Waals surface area (Å²) in [6, 6.07) is 0. The number of hydrogen-bond acceptors (Lipinski definition) is 5. The molecule has 0 aromatic carbocycles. The number of rotatable bonds is 6. The minimum atomic E-state index is 0.429. The van der Waals surface area contributed by atoms with Crippen LogP contribution in [0.4, 0.5) is 0 Å². The molecule has 5 nitrogen and oxygen atoms in total. The van der Waals surface area contributed by atoms with Crippen LogP contribution in [0, 0.1) is 5.92 Å². The molecule has 0 saturated carbocycles. The van der Waals surface area contributed by atoms with Crippen molar-refractivity contribution in [3.05, 3.63) is 11.7 Å². The van der Waals surface area contributed by atoms with Gasteiger partial charge in [0.05, 0.1) is 5.92 Å². The lowest BCUT2D eigenvalue weighted by Gasteiger charge is -2.34. The highest BCUT2D eigenvalue weighted by Gasteiger charge is 2.26. The van der Waals surface area contributed by atoms with E-state index >= 15 is 0 Å². The van der Waals surface area contributed by atoms with Crippen molar-refractivity contribution in [3.8, 4) is 0 Å². The van der Waals surface area contributed by atoms with Gasteiger partial charge in [0.15, 0.2) is 5.82 Å². The minimum Gasteiger partial charge on any atom is -0.339 e. The minimum absolute atomic E-state index is 0.429. The summed E-state index contributed by atoms with van der Waals surface area (Å²) in [5, 5.41) is 4.16. The summed E-state index contributed by atoms with van der Waals surface area (Å²) < 4.78 is 5.55. The molecule has 0 bridgehead atoms. The summed E-state index contributed by atoms with van der Waals surface area (Å²) in [4.78, 5) is 9.86. The van der Waals surface area contributed by atoms with Gasteiger partial charge < -0.3 is 14.3 Å². The molecule has 130 valence electrons. The maximum atomic E-state index is 5.55. The number of piperidine rings is 2. The average molecular weight is 320 g/mol. The van der Waals surface area contributed by atoms with Gasteiger partial charge in [-0.15, -0.1) is 0 Å². The van der Waals surface area contributed by atoms with Crippen molar-refractivity contribution < 1.29 is 4.52 Å². The molecule has 0 radical (unpaired) electrons. The van der Waals surface area contributed by atoms with Crippen LogP contribution in [0.15, 0.2) is 4.52 Å². The summed E-state index contributed by atoms with van der Waals surface area (Å²) in [5.41, 5.74) is 0. The van der Waals surface area contributed by atoms with Crippen LogP contribution >= 0.6 is 0 Å². The van der Waals surface area contributed by atoms with E-state index in [1.54, 1.807) is 0 Å². The fourth-order valence-corrected chi connectivity index (χ4v) is 3.81. The maximum Gasteiger partial charge on any atom is 0.231 e. The van der Waals surface area contributed by atoms with Gasteiger partial charge in [-0.1, -0.05) is 25.4 Å². The average Bonchev–Trinajstić information content (AvgIpc) is 3.02. The quantitative estimate of drug-likeness (QED) is 0.806. The van der Waals surface area contributed by atoms with Gasteiger partial charge in [-0.2, -0.15) is 4.98 Å². The Morgan fingerprint density at radius 2 is 1.78 bits per heavy atom. The summed E-state index contributed by atoms with van der Waals surface area (Å²) in [6.07, 6.45) is 7.51. The zero-order chi connectivity index (χ0) is 16.1. The van der Waals surface area contributed by atoms with Crippen molar-refractivity contribution in [1.82, 2.24) is 19.9 Å². The van der Waals surface area contributed by atoms with Gasteiger partial charge in [0.25, 0.3) is 0 Å². The second-order valence-corrected chi connectivity index (χ2v) is 7.69. The van der Waals surface area contributed by atoms with E-state index in [9.17, 15) is 0 Å². The molecule has 2 aliphatic rings. The van der Waals surface area contributed by atoms with Gasteiger partial charge >= 0.3 is 0 Å². The molecule has 2 fully saturated rings. The molecule has 1 aromatic rings. The van der Waals surface area contributed by atoms with Crippen LogP contribution < -0.4 is 0 Å². The monoisotopic (exact) mass is 320 g/mol. The zero-order valence-corrected chi connectivity index (χ0v) is 14.8. The van der Waals surface area contributed by atoms with Gasteiger partial charge in [-0.05, 0) is 51.2 Å². The van der Waals surface area contributed by atoms with Crippen molar-refractivity contribution in [1.29, 1.82) is 0 Å². The van der Waals surface area contributed by atoms with E-state index in [0.29, 0.717) is 11.8 Å². The second-order valence-electron chi connectivity index (χ2n) is 7.69. The Morgan fingerprint density at radius 3 is 2.57 bits per heavy atom. The van der Waals surface area contributed by atoms with E-state index in [2.05, 4.69) is 33.8 Å². The fourth-order valence-electron chi connectivity index (χ4n) is 3.81. The van der Waals surface area contributed by atoms with Crippen LogP contribution in [0.2, 0.25) is 0 Å². The first-order chi connectivity index (χ1) is 11.2. The van der Waals surface area contributed by atoms with Crippen LogP contribution in [0.1, 0.15) is 63.6 Å². The number of hydrogen-bond donors (Lipinski definition) is 0. The highest BCUT2D eigenvalue weighted by molar-refractivity contribution is 4.98. The maximum absolute atomic E-state index is 5.55. The first-order valence-electron chi connectivity index (χ1n) is 9.48. The van der Waals surface area contributed by atoms with E-state index in [-0.39, 0.29) is 0 Å². The number of aromatic nitrogens is 2. The van der Waals surface area contributed by atoms with Crippen LogP contribution in [0.25, 0.3) is 0 Å².